The Bertz CT molecular complexity index is 1170. The van der Waals surface area contributed by atoms with E-state index in [0.717, 1.165) is 27.3 Å². The Kier molecular flexibility index (Phi) is 4.95. The van der Waals surface area contributed by atoms with Crippen molar-refractivity contribution in [3.8, 4) is 6.07 Å². The van der Waals surface area contributed by atoms with E-state index in [2.05, 4.69) is 16.0 Å². The summed E-state index contributed by atoms with van der Waals surface area (Å²) in [5, 5.41) is 11.4. The molecule has 0 unspecified atom stereocenters. The van der Waals surface area contributed by atoms with Crippen LogP contribution < -0.4 is 9.80 Å². The number of allylic oxidation sites excluding steroid dienone is 1. The van der Waals surface area contributed by atoms with Gasteiger partial charge in [0.05, 0.1) is 22.6 Å². The maximum absolute atomic E-state index is 13.0. The van der Waals surface area contributed by atoms with Gasteiger partial charge < -0.3 is 9.80 Å². The van der Waals surface area contributed by atoms with Crippen LogP contribution >= 0.6 is 11.8 Å². The third-order valence-electron chi connectivity index (χ3n) is 4.87. The summed E-state index contributed by atoms with van der Waals surface area (Å²) < 4.78 is 0. The number of ketones is 1. The van der Waals surface area contributed by atoms with E-state index < -0.39 is 0 Å². The number of carbonyl (C=O) groups excluding carboxylic acids is 1. The molecule has 0 spiro atoms. The smallest absolute Gasteiger partial charge is 0.187 e. The lowest BCUT2D eigenvalue weighted by Crippen LogP contribution is -2.26. The normalized spacial score (nSPS) is 12.8. The average molecular weight is 401 g/mol. The first kappa shape index (κ1) is 19.0. The number of hydrogen-bond donors (Lipinski definition) is 0. The van der Waals surface area contributed by atoms with Crippen molar-refractivity contribution in [1.29, 1.82) is 5.26 Å². The predicted octanol–water partition coefficient (Wildman–Crippen LogP) is 3.92. The van der Waals surface area contributed by atoms with Gasteiger partial charge in [-0.3, -0.25) is 4.79 Å². The highest BCUT2D eigenvalue weighted by Crippen LogP contribution is 2.40. The number of aromatic nitrogens is 2. The highest BCUT2D eigenvalue weighted by atomic mass is 32.2. The molecule has 3 aromatic rings. The molecule has 1 aromatic heterocycles. The van der Waals surface area contributed by atoms with Crippen molar-refractivity contribution in [2.75, 3.05) is 29.6 Å². The molecule has 0 bridgehead atoms. The standard InChI is InChI=1S/C22H19N5OS/c1-14-24-17-9-5-4-8-15(17)21(25-14)29-13-20(28)16(12-23)22-26(2)18-10-6-7-11-19(18)27(22)3/h4-11H,13H2,1-3H3. The molecule has 29 heavy (non-hydrogen) atoms. The van der Waals surface area contributed by atoms with Crippen molar-refractivity contribution >= 4 is 39.8 Å². The molecule has 0 fully saturated rings. The molecule has 0 atom stereocenters. The summed E-state index contributed by atoms with van der Waals surface area (Å²) in [7, 11) is 3.74. The minimum Gasteiger partial charge on any atom is -0.328 e. The number of hydrogen-bond acceptors (Lipinski definition) is 7. The average Bonchev–Trinajstić information content (AvgIpc) is 2.98. The number of nitriles is 1. The number of rotatable bonds is 4. The lowest BCUT2D eigenvalue weighted by Gasteiger charge is -2.19. The zero-order valence-corrected chi connectivity index (χ0v) is 17.2. The second-order valence-electron chi connectivity index (χ2n) is 6.72. The van der Waals surface area contributed by atoms with E-state index in [1.165, 1.54) is 11.8 Å². The Morgan fingerprint density at radius 2 is 1.66 bits per heavy atom. The molecule has 2 aromatic carbocycles. The summed E-state index contributed by atoms with van der Waals surface area (Å²) >= 11 is 1.34. The largest absolute Gasteiger partial charge is 0.328 e. The fraction of sp³-hybridized carbons (Fsp3) is 0.182. The SMILES string of the molecule is Cc1nc(SCC(=O)C(C#N)=C2N(C)c3ccccc3N2C)c2ccccc2n1. The predicted molar refractivity (Wildman–Crippen MR) is 116 cm³/mol. The first-order valence-corrected chi connectivity index (χ1v) is 10.1. The molecule has 0 N–H and O–H groups in total. The van der Waals surface area contributed by atoms with Crippen molar-refractivity contribution in [2.24, 2.45) is 0 Å². The van der Waals surface area contributed by atoms with Crippen LogP contribution in [0.15, 0.2) is 65.0 Å². The molecule has 0 radical (unpaired) electrons. The number of thioether (sulfide) groups is 1. The van der Waals surface area contributed by atoms with Crippen LogP contribution in [-0.4, -0.2) is 35.6 Å². The summed E-state index contributed by atoms with van der Waals surface area (Å²) in [6.07, 6.45) is 0. The lowest BCUT2D eigenvalue weighted by molar-refractivity contribution is -0.112. The zero-order chi connectivity index (χ0) is 20.5. The van der Waals surface area contributed by atoms with Gasteiger partial charge in [0, 0.05) is 19.5 Å². The number of aryl methyl sites for hydroxylation is 1. The number of carbonyl (C=O) groups is 1. The highest BCUT2D eigenvalue weighted by Gasteiger charge is 2.31. The second-order valence-corrected chi connectivity index (χ2v) is 7.69. The Morgan fingerprint density at radius 3 is 2.31 bits per heavy atom. The first-order valence-electron chi connectivity index (χ1n) is 9.11. The highest BCUT2D eigenvalue weighted by molar-refractivity contribution is 8.00. The second kappa shape index (κ2) is 7.57. The van der Waals surface area contributed by atoms with Crippen molar-refractivity contribution in [1.82, 2.24) is 9.97 Å². The van der Waals surface area contributed by atoms with Gasteiger partial charge in [0.2, 0.25) is 0 Å². The minimum atomic E-state index is -0.223. The summed E-state index contributed by atoms with van der Waals surface area (Å²) in [6, 6.07) is 17.7. The Balaban J connectivity index is 1.64. The lowest BCUT2D eigenvalue weighted by atomic mass is 10.2. The maximum Gasteiger partial charge on any atom is 0.187 e. The number of benzene rings is 2. The Hall–Kier alpha value is -3.37. The molecule has 0 amide bonds. The van der Waals surface area contributed by atoms with E-state index in [1.807, 2.05) is 79.3 Å². The van der Waals surface area contributed by atoms with Crippen molar-refractivity contribution in [3.05, 3.63) is 65.7 Å². The molecule has 6 nitrogen and oxygen atoms in total. The summed E-state index contributed by atoms with van der Waals surface area (Å²) in [5.41, 5.74) is 2.93. The van der Waals surface area contributed by atoms with Crippen molar-refractivity contribution in [3.63, 3.8) is 0 Å². The van der Waals surface area contributed by atoms with E-state index in [0.29, 0.717) is 11.6 Å². The molecular weight excluding hydrogens is 382 g/mol. The fourth-order valence-electron chi connectivity index (χ4n) is 3.53. The Morgan fingerprint density at radius 1 is 1.03 bits per heavy atom. The third-order valence-corrected chi connectivity index (χ3v) is 5.87. The van der Waals surface area contributed by atoms with Crippen molar-refractivity contribution < 1.29 is 4.79 Å². The van der Waals surface area contributed by atoms with Crippen LogP contribution in [0.2, 0.25) is 0 Å². The molecule has 144 valence electrons. The topological polar surface area (TPSA) is 73.1 Å². The van der Waals surface area contributed by atoms with Crippen molar-refractivity contribution in [2.45, 2.75) is 11.9 Å². The molecule has 0 saturated heterocycles. The van der Waals surface area contributed by atoms with Crippen LogP contribution in [0.4, 0.5) is 11.4 Å². The van der Waals surface area contributed by atoms with Gasteiger partial charge >= 0.3 is 0 Å². The molecule has 0 aliphatic carbocycles. The summed E-state index contributed by atoms with van der Waals surface area (Å²) in [5.74, 6) is 1.16. The number of para-hydroxylation sites is 3. The molecule has 4 rings (SSSR count). The monoisotopic (exact) mass is 401 g/mol. The van der Waals surface area contributed by atoms with Gasteiger partial charge in [-0.2, -0.15) is 5.26 Å². The molecular formula is C22H19N5OS. The van der Waals surface area contributed by atoms with Gasteiger partial charge in [0.25, 0.3) is 0 Å². The van der Waals surface area contributed by atoms with Gasteiger partial charge in [0.1, 0.15) is 28.3 Å². The van der Waals surface area contributed by atoms with Crippen LogP contribution in [0.1, 0.15) is 5.82 Å². The summed E-state index contributed by atoms with van der Waals surface area (Å²) in [4.78, 5) is 25.7. The number of anilines is 2. The van der Waals surface area contributed by atoms with Gasteiger partial charge in [-0.25, -0.2) is 9.97 Å². The van der Waals surface area contributed by atoms with E-state index in [1.54, 1.807) is 0 Å². The van der Waals surface area contributed by atoms with Crippen LogP contribution in [0.5, 0.6) is 0 Å². The van der Waals surface area contributed by atoms with E-state index >= 15 is 0 Å². The minimum absolute atomic E-state index is 0.130. The quantitative estimate of drug-likeness (QED) is 0.284. The van der Waals surface area contributed by atoms with E-state index in [4.69, 9.17) is 0 Å². The fourth-order valence-corrected chi connectivity index (χ4v) is 4.47. The zero-order valence-electron chi connectivity index (χ0n) is 16.4. The molecule has 0 saturated carbocycles. The van der Waals surface area contributed by atoms with Gasteiger partial charge in [0.15, 0.2) is 5.78 Å². The maximum atomic E-state index is 13.0. The molecule has 2 heterocycles. The molecule has 1 aliphatic heterocycles. The van der Waals surface area contributed by atoms with Crippen LogP contribution in [0.25, 0.3) is 10.9 Å². The van der Waals surface area contributed by atoms with Gasteiger partial charge in [-0.15, -0.1) is 0 Å². The van der Waals surface area contributed by atoms with Crippen LogP contribution in [0.3, 0.4) is 0 Å². The first-order chi connectivity index (χ1) is 14.0. The third kappa shape index (κ3) is 3.32. The van der Waals surface area contributed by atoms with Crippen LogP contribution in [0, 0.1) is 18.3 Å². The Labute approximate surface area is 173 Å². The number of nitrogens with zero attached hydrogens (tertiary/aromatic N) is 5. The summed E-state index contributed by atoms with van der Waals surface area (Å²) in [6.45, 7) is 1.83. The molecule has 1 aliphatic rings. The number of fused-ring (bicyclic) bond motifs is 2. The van der Waals surface area contributed by atoms with E-state index in [9.17, 15) is 10.1 Å². The number of Topliss-reactive ketones (excluding diaryl/α,β-unsaturated/α-hetero) is 1. The van der Waals surface area contributed by atoms with E-state index in [-0.39, 0.29) is 17.1 Å². The van der Waals surface area contributed by atoms with Gasteiger partial charge in [-0.05, 0) is 25.1 Å². The van der Waals surface area contributed by atoms with Gasteiger partial charge in [-0.1, -0.05) is 42.1 Å². The van der Waals surface area contributed by atoms with Crippen LogP contribution in [-0.2, 0) is 4.79 Å². The molecule has 7 heteroatoms.